The predicted molar refractivity (Wildman–Crippen MR) is 102 cm³/mol. The molecule has 0 fully saturated rings. The van der Waals surface area contributed by atoms with Gasteiger partial charge in [-0.3, -0.25) is 9.11 Å². The number of hydrogen-bond acceptors (Lipinski definition) is 9. The van der Waals surface area contributed by atoms with Crippen molar-refractivity contribution < 1.29 is 31.0 Å². The summed E-state index contributed by atoms with van der Waals surface area (Å²) < 4.78 is 65.1. The number of hydrogen-bond donors (Lipinski definition) is 5. The van der Waals surface area contributed by atoms with Crippen LogP contribution in [0.15, 0.2) is 38.0 Å². The Bertz CT molecular complexity index is 1290. The van der Waals surface area contributed by atoms with E-state index in [0.29, 0.717) is 6.07 Å². The number of nitrogens with two attached hydrogens (primary N) is 1. The highest BCUT2D eigenvalue weighted by Crippen LogP contribution is 2.47. The number of phenolic OH excluding ortho intramolecular Hbond substituents is 1. The summed E-state index contributed by atoms with van der Waals surface area (Å²) in [7, 11) is -9.68. The SMILES string of the molecule is Nc1c(S(=O)(=O)O)cc2cc(S(=O)(=O)O)cc(O)c2c1C1(Cl)N=CNC(Cl)=N1. The number of amidine groups is 1. The van der Waals surface area contributed by atoms with Crippen LogP contribution in [0, 0.1) is 0 Å². The normalized spacial score (nSPS) is 20.1. The van der Waals surface area contributed by atoms with E-state index in [-0.39, 0.29) is 21.6 Å². The lowest BCUT2D eigenvalue weighted by molar-refractivity contribution is 0.470. The maximum Gasteiger partial charge on any atom is 0.296 e. The molecular formula is C13H10Cl2N4O7S2. The minimum absolute atomic E-state index is 0.223. The van der Waals surface area contributed by atoms with Gasteiger partial charge < -0.3 is 16.2 Å². The zero-order valence-corrected chi connectivity index (χ0v) is 16.5. The fourth-order valence-electron chi connectivity index (χ4n) is 2.66. The van der Waals surface area contributed by atoms with Crippen molar-refractivity contribution in [2.45, 2.75) is 14.9 Å². The van der Waals surface area contributed by atoms with Gasteiger partial charge in [-0.1, -0.05) is 11.6 Å². The molecule has 15 heteroatoms. The lowest BCUT2D eigenvalue weighted by atomic mass is 9.99. The Hall–Kier alpha value is -2.16. The van der Waals surface area contributed by atoms with Gasteiger partial charge in [0.25, 0.3) is 25.4 Å². The second-order valence-electron chi connectivity index (χ2n) is 5.55. The highest BCUT2D eigenvalue weighted by molar-refractivity contribution is 7.86. The van der Waals surface area contributed by atoms with Crippen LogP contribution in [0.4, 0.5) is 5.69 Å². The summed E-state index contributed by atoms with van der Waals surface area (Å²) in [5, 5.41) is 9.93. The van der Waals surface area contributed by atoms with Gasteiger partial charge in [0.1, 0.15) is 10.6 Å². The van der Waals surface area contributed by atoms with E-state index < -0.39 is 46.6 Å². The number of aliphatic imine (C=N–C) groups is 2. The van der Waals surface area contributed by atoms with Crippen LogP contribution in [0.25, 0.3) is 10.8 Å². The Morgan fingerprint density at radius 3 is 2.29 bits per heavy atom. The van der Waals surface area contributed by atoms with Crippen LogP contribution < -0.4 is 11.1 Å². The zero-order chi connectivity index (χ0) is 21.1. The van der Waals surface area contributed by atoms with E-state index in [1.807, 2.05) is 0 Å². The first-order chi connectivity index (χ1) is 12.7. The molecule has 28 heavy (non-hydrogen) atoms. The van der Waals surface area contributed by atoms with Crippen molar-refractivity contribution in [3.8, 4) is 5.75 Å². The summed E-state index contributed by atoms with van der Waals surface area (Å²) in [5.74, 6) is -0.728. The van der Waals surface area contributed by atoms with Crippen LogP contribution >= 0.6 is 23.2 Å². The highest BCUT2D eigenvalue weighted by Gasteiger charge is 2.38. The first-order valence-electron chi connectivity index (χ1n) is 7.03. The number of nitrogens with one attached hydrogen (secondary N) is 1. The number of phenols is 1. The van der Waals surface area contributed by atoms with Crippen molar-refractivity contribution >= 4 is 71.5 Å². The maximum absolute atomic E-state index is 11.8. The molecule has 2 aromatic rings. The lowest BCUT2D eigenvalue weighted by Crippen LogP contribution is -2.30. The average Bonchev–Trinajstić information content (AvgIpc) is 2.52. The monoisotopic (exact) mass is 468 g/mol. The van der Waals surface area contributed by atoms with E-state index in [2.05, 4.69) is 15.3 Å². The predicted octanol–water partition coefficient (Wildman–Crippen LogP) is 1.20. The second-order valence-corrected chi connectivity index (χ2v) is 9.24. The Balaban J connectivity index is 2.57. The Kier molecular flexibility index (Phi) is 4.73. The Labute approximate surface area is 168 Å². The molecule has 0 saturated carbocycles. The molecule has 11 nitrogen and oxygen atoms in total. The molecule has 2 aromatic carbocycles. The molecule has 1 unspecified atom stereocenters. The molecule has 1 aliphatic heterocycles. The summed E-state index contributed by atoms with van der Waals surface area (Å²) in [6, 6.07) is 2.34. The number of halogens is 2. The average molecular weight is 469 g/mol. The summed E-state index contributed by atoms with van der Waals surface area (Å²) in [5.41, 5.74) is 4.90. The fraction of sp³-hybridized carbons (Fsp3) is 0.0769. The molecule has 0 aliphatic carbocycles. The molecule has 0 bridgehead atoms. The maximum atomic E-state index is 11.8. The van der Waals surface area contributed by atoms with Gasteiger partial charge in [-0.2, -0.15) is 16.8 Å². The number of anilines is 1. The minimum Gasteiger partial charge on any atom is -0.507 e. The van der Waals surface area contributed by atoms with E-state index in [4.69, 9.17) is 28.9 Å². The van der Waals surface area contributed by atoms with Crippen molar-refractivity contribution in [2.75, 3.05) is 5.73 Å². The smallest absolute Gasteiger partial charge is 0.296 e. The van der Waals surface area contributed by atoms with Crippen molar-refractivity contribution in [3.05, 3.63) is 23.8 Å². The molecule has 0 spiro atoms. The van der Waals surface area contributed by atoms with Crippen LogP contribution in [0.3, 0.4) is 0 Å². The van der Waals surface area contributed by atoms with Gasteiger partial charge in [0, 0.05) is 11.5 Å². The number of benzene rings is 2. The molecule has 0 amide bonds. The number of nitrogen functional groups attached to an aromatic ring is 1. The second kappa shape index (κ2) is 6.43. The van der Waals surface area contributed by atoms with Crippen molar-refractivity contribution in [1.29, 1.82) is 0 Å². The largest absolute Gasteiger partial charge is 0.507 e. The zero-order valence-electron chi connectivity index (χ0n) is 13.3. The molecule has 1 heterocycles. The van der Waals surface area contributed by atoms with Gasteiger partial charge in [0.2, 0.25) is 0 Å². The van der Waals surface area contributed by atoms with Gasteiger partial charge in [-0.25, -0.2) is 9.98 Å². The molecule has 0 radical (unpaired) electrons. The molecule has 0 saturated heterocycles. The quantitative estimate of drug-likeness (QED) is 0.190. The number of fused-ring (bicyclic) bond motifs is 1. The van der Waals surface area contributed by atoms with Crippen LogP contribution in [-0.2, 0) is 25.4 Å². The van der Waals surface area contributed by atoms with E-state index >= 15 is 0 Å². The number of nitrogens with zero attached hydrogens (tertiary/aromatic N) is 2. The lowest BCUT2D eigenvalue weighted by Gasteiger charge is -2.26. The number of alkyl halides is 1. The highest BCUT2D eigenvalue weighted by atomic mass is 35.5. The first kappa shape index (κ1) is 20.6. The third kappa shape index (κ3) is 3.47. The standard InChI is InChI=1S/C13H10Cl2N4O7S2/c14-12-17-4-18-13(15,19-12)10-9-5(2-8(11(10)16)28(24,25)26)1-6(3-7(9)20)27(21,22)23/h1-4,20H,16H2,(H,17,18,19)(H,21,22,23)(H,24,25,26). The Morgan fingerprint density at radius 2 is 1.75 bits per heavy atom. The topological polar surface area (TPSA) is 192 Å². The molecular weight excluding hydrogens is 459 g/mol. The molecule has 6 N–H and O–H groups in total. The van der Waals surface area contributed by atoms with Crippen LogP contribution in [0.1, 0.15) is 5.56 Å². The van der Waals surface area contributed by atoms with Crippen molar-refractivity contribution in [2.24, 2.45) is 9.98 Å². The van der Waals surface area contributed by atoms with Gasteiger partial charge in [0.15, 0.2) is 5.29 Å². The number of aromatic hydroxyl groups is 1. The van der Waals surface area contributed by atoms with E-state index in [1.165, 1.54) is 0 Å². The van der Waals surface area contributed by atoms with Crippen molar-refractivity contribution in [3.63, 3.8) is 0 Å². The van der Waals surface area contributed by atoms with Gasteiger partial charge >= 0.3 is 0 Å². The van der Waals surface area contributed by atoms with Gasteiger partial charge in [-0.15, -0.1) is 0 Å². The third-order valence-corrected chi connectivity index (χ3v) is 6.04. The summed E-state index contributed by atoms with van der Waals surface area (Å²) in [6.45, 7) is 0. The first-order valence-corrected chi connectivity index (χ1v) is 10.7. The van der Waals surface area contributed by atoms with E-state index in [9.17, 15) is 31.0 Å². The summed E-state index contributed by atoms with van der Waals surface area (Å²) >= 11 is 12.1. The third-order valence-electron chi connectivity index (χ3n) is 3.75. The molecule has 1 aliphatic rings. The molecule has 150 valence electrons. The van der Waals surface area contributed by atoms with Crippen molar-refractivity contribution in [1.82, 2.24) is 5.32 Å². The Morgan fingerprint density at radius 1 is 1.11 bits per heavy atom. The van der Waals surface area contributed by atoms with Gasteiger partial charge in [-0.05, 0) is 29.1 Å². The van der Waals surface area contributed by atoms with Crippen LogP contribution in [0.2, 0.25) is 0 Å². The number of rotatable bonds is 3. The van der Waals surface area contributed by atoms with Gasteiger partial charge in [0.05, 0.1) is 22.5 Å². The summed E-state index contributed by atoms with van der Waals surface area (Å²) in [4.78, 5) is 6.10. The van der Waals surface area contributed by atoms with Crippen LogP contribution in [0.5, 0.6) is 5.75 Å². The summed E-state index contributed by atoms with van der Waals surface area (Å²) in [6.07, 6.45) is 1.04. The fourth-order valence-corrected chi connectivity index (χ4v) is 4.40. The molecule has 0 aromatic heterocycles. The molecule has 1 atom stereocenters. The minimum atomic E-state index is -4.91. The molecule has 3 rings (SSSR count). The van der Waals surface area contributed by atoms with Crippen LogP contribution in [-0.4, -0.2) is 42.7 Å². The van der Waals surface area contributed by atoms with E-state index in [0.717, 1.165) is 18.5 Å². The van der Waals surface area contributed by atoms with E-state index in [1.54, 1.807) is 0 Å².